The van der Waals surface area contributed by atoms with Gasteiger partial charge in [0.2, 0.25) is 5.91 Å². The van der Waals surface area contributed by atoms with Gasteiger partial charge in [-0.25, -0.2) is 4.79 Å². The third kappa shape index (κ3) is 5.74. The topological polar surface area (TPSA) is 67.9 Å². The fourth-order valence-corrected chi connectivity index (χ4v) is 2.81. The number of carbonyl (C=O) groups excluding carboxylic acids is 2. The lowest BCUT2D eigenvalue weighted by molar-refractivity contribution is -0.136. The van der Waals surface area contributed by atoms with Crippen LogP contribution in [0.15, 0.2) is 24.3 Å². The minimum atomic E-state index is -0.573. The van der Waals surface area contributed by atoms with Crippen LogP contribution in [0.4, 0.5) is 4.79 Å². The Labute approximate surface area is 149 Å². The average Bonchev–Trinajstić information content (AvgIpc) is 2.55. The summed E-state index contributed by atoms with van der Waals surface area (Å²) >= 11 is 0. The lowest BCUT2D eigenvalue weighted by Gasteiger charge is -2.31. The summed E-state index contributed by atoms with van der Waals surface area (Å²) in [4.78, 5) is 26.8. The summed E-state index contributed by atoms with van der Waals surface area (Å²) in [6.45, 7) is 9.86. The van der Waals surface area contributed by atoms with Crippen molar-refractivity contribution in [2.45, 2.75) is 39.2 Å². The predicted molar refractivity (Wildman–Crippen MR) is 95.6 cm³/mol. The quantitative estimate of drug-likeness (QED) is 0.908. The Bertz CT molecular complexity index is 604. The van der Waals surface area contributed by atoms with E-state index in [9.17, 15) is 9.59 Å². The maximum Gasteiger partial charge on any atom is 0.407 e. The first kappa shape index (κ1) is 19.2. The summed E-state index contributed by atoms with van der Waals surface area (Å²) in [5.41, 5.74) is 1.38. The highest BCUT2D eigenvalue weighted by molar-refractivity contribution is 5.85. The Balaban J connectivity index is 2.13. The molecule has 2 rings (SSSR count). The van der Waals surface area contributed by atoms with Gasteiger partial charge < -0.3 is 19.7 Å². The summed E-state index contributed by atoms with van der Waals surface area (Å²) < 4.78 is 10.6. The van der Waals surface area contributed by atoms with Crippen LogP contribution in [0, 0.1) is 6.92 Å². The van der Waals surface area contributed by atoms with Crippen molar-refractivity contribution in [3.63, 3.8) is 0 Å². The van der Waals surface area contributed by atoms with Gasteiger partial charge in [0, 0.05) is 19.6 Å². The van der Waals surface area contributed by atoms with Crippen LogP contribution < -0.4 is 5.32 Å². The van der Waals surface area contributed by atoms with E-state index in [1.807, 2.05) is 52.0 Å². The van der Waals surface area contributed by atoms with Gasteiger partial charge in [-0.1, -0.05) is 24.3 Å². The van der Waals surface area contributed by atoms with Crippen LogP contribution in [0.25, 0.3) is 0 Å². The number of rotatable bonds is 4. The van der Waals surface area contributed by atoms with Gasteiger partial charge in [-0.3, -0.25) is 4.79 Å². The van der Waals surface area contributed by atoms with Gasteiger partial charge in [0.1, 0.15) is 5.60 Å². The summed E-state index contributed by atoms with van der Waals surface area (Å²) in [5.74, 6) is -0.430. The fraction of sp³-hybridized carbons (Fsp3) is 0.579. The van der Waals surface area contributed by atoms with Crippen LogP contribution in [-0.4, -0.2) is 55.3 Å². The molecule has 0 aromatic heterocycles. The molecule has 0 radical (unpaired) electrons. The number of aryl methyl sites for hydroxylation is 1. The second-order valence-corrected chi connectivity index (χ2v) is 7.23. The molecular weight excluding hydrogens is 320 g/mol. The van der Waals surface area contributed by atoms with E-state index in [2.05, 4.69) is 5.32 Å². The number of morpholine rings is 1. The molecule has 6 heteroatoms. The van der Waals surface area contributed by atoms with Crippen molar-refractivity contribution in [3.05, 3.63) is 35.4 Å². The van der Waals surface area contributed by atoms with Crippen molar-refractivity contribution in [1.82, 2.24) is 10.2 Å². The Kier molecular flexibility index (Phi) is 6.42. The molecule has 0 saturated carbocycles. The summed E-state index contributed by atoms with van der Waals surface area (Å²) in [6, 6.07) is 7.77. The zero-order valence-corrected chi connectivity index (χ0v) is 15.5. The van der Waals surface area contributed by atoms with Crippen LogP contribution in [0.1, 0.15) is 37.8 Å². The standard InChI is InChI=1S/C19H28N2O4/c1-14-7-5-6-8-15(14)16(13-20-18(23)25-19(2,3)4)17(22)21-9-11-24-12-10-21/h5-8,16H,9-13H2,1-4H3,(H,20,23). The van der Waals surface area contributed by atoms with Crippen molar-refractivity contribution in [2.75, 3.05) is 32.8 Å². The molecule has 1 aliphatic rings. The first-order chi connectivity index (χ1) is 11.8. The molecule has 0 spiro atoms. The molecule has 138 valence electrons. The number of carbonyl (C=O) groups is 2. The number of ether oxygens (including phenoxy) is 2. The van der Waals surface area contributed by atoms with Crippen molar-refractivity contribution in [2.24, 2.45) is 0 Å². The van der Waals surface area contributed by atoms with Crippen LogP contribution in [0.2, 0.25) is 0 Å². The molecule has 1 atom stereocenters. The molecule has 0 aliphatic carbocycles. The smallest absolute Gasteiger partial charge is 0.407 e. The van der Waals surface area contributed by atoms with E-state index in [1.54, 1.807) is 4.90 Å². The second kappa shape index (κ2) is 8.34. The first-order valence-electron chi connectivity index (χ1n) is 8.67. The van der Waals surface area contributed by atoms with E-state index in [0.29, 0.717) is 26.3 Å². The van der Waals surface area contributed by atoms with Gasteiger partial charge in [0.25, 0.3) is 0 Å². The molecule has 1 aliphatic heterocycles. The Morgan fingerprint density at radius 3 is 2.48 bits per heavy atom. The summed E-state index contributed by atoms with van der Waals surface area (Å²) in [5, 5.41) is 2.75. The predicted octanol–water partition coefficient (Wildman–Crippen LogP) is 2.46. The Morgan fingerprint density at radius 2 is 1.88 bits per heavy atom. The minimum Gasteiger partial charge on any atom is -0.444 e. The molecule has 1 heterocycles. The molecule has 25 heavy (non-hydrogen) atoms. The molecule has 0 bridgehead atoms. The SMILES string of the molecule is Cc1ccccc1C(CNC(=O)OC(C)(C)C)C(=O)N1CCOCC1. The van der Waals surface area contributed by atoms with Gasteiger partial charge in [-0.15, -0.1) is 0 Å². The van der Waals surface area contributed by atoms with E-state index in [-0.39, 0.29) is 12.5 Å². The molecule has 6 nitrogen and oxygen atoms in total. The van der Waals surface area contributed by atoms with Gasteiger partial charge in [0.05, 0.1) is 19.1 Å². The van der Waals surface area contributed by atoms with E-state index >= 15 is 0 Å². The number of alkyl carbamates (subject to hydrolysis) is 1. The highest BCUT2D eigenvalue weighted by atomic mass is 16.6. The molecule has 1 saturated heterocycles. The van der Waals surface area contributed by atoms with Crippen molar-refractivity contribution < 1.29 is 19.1 Å². The van der Waals surface area contributed by atoms with E-state index < -0.39 is 17.6 Å². The third-order valence-corrected chi connectivity index (χ3v) is 4.03. The molecule has 2 amide bonds. The van der Waals surface area contributed by atoms with Gasteiger partial charge in [-0.05, 0) is 38.8 Å². The largest absolute Gasteiger partial charge is 0.444 e. The Morgan fingerprint density at radius 1 is 1.24 bits per heavy atom. The monoisotopic (exact) mass is 348 g/mol. The zero-order chi connectivity index (χ0) is 18.4. The maximum atomic E-state index is 13.0. The molecular formula is C19H28N2O4. The average molecular weight is 348 g/mol. The van der Waals surface area contributed by atoms with Gasteiger partial charge >= 0.3 is 6.09 Å². The van der Waals surface area contributed by atoms with Crippen LogP contribution >= 0.6 is 0 Å². The second-order valence-electron chi connectivity index (χ2n) is 7.23. The number of benzene rings is 1. The molecule has 1 aromatic carbocycles. The minimum absolute atomic E-state index is 0.00802. The van der Waals surface area contributed by atoms with Crippen molar-refractivity contribution >= 4 is 12.0 Å². The van der Waals surface area contributed by atoms with Crippen LogP contribution in [-0.2, 0) is 14.3 Å². The van der Waals surface area contributed by atoms with Crippen LogP contribution in [0.3, 0.4) is 0 Å². The lowest BCUT2D eigenvalue weighted by atomic mass is 9.93. The molecule has 1 N–H and O–H groups in total. The maximum absolute atomic E-state index is 13.0. The van der Waals surface area contributed by atoms with Crippen molar-refractivity contribution in [1.29, 1.82) is 0 Å². The first-order valence-corrected chi connectivity index (χ1v) is 8.67. The van der Waals surface area contributed by atoms with E-state index in [0.717, 1.165) is 11.1 Å². The zero-order valence-electron chi connectivity index (χ0n) is 15.5. The van der Waals surface area contributed by atoms with Crippen LogP contribution in [0.5, 0.6) is 0 Å². The van der Waals surface area contributed by atoms with Gasteiger partial charge in [0.15, 0.2) is 0 Å². The van der Waals surface area contributed by atoms with E-state index in [1.165, 1.54) is 0 Å². The van der Waals surface area contributed by atoms with Gasteiger partial charge in [-0.2, -0.15) is 0 Å². The fourth-order valence-electron chi connectivity index (χ4n) is 2.81. The summed E-state index contributed by atoms with van der Waals surface area (Å²) in [6.07, 6.45) is -0.513. The number of nitrogens with zero attached hydrogens (tertiary/aromatic N) is 1. The number of hydrogen-bond donors (Lipinski definition) is 1. The summed E-state index contributed by atoms with van der Waals surface area (Å²) in [7, 11) is 0. The molecule has 1 unspecified atom stereocenters. The third-order valence-electron chi connectivity index (χ3n) is 4.03. The Hall–Kier alpha value is -2.08. The molecule has 1 aromatic rings. The number of nitrogens with one attached hydrogen (secondary N) is 1. The highest BCUT2D eigenvalue weighted by Crippen LogP contribution is 2.22. The van der Waals surface area contributed by atoms with E-state index in [4.69, 9.17) is 9.47 Å². The molecule has 1 fully saturated rings. The number of hydrogen-bond acceptors (Lipinski definition) is 4. The normalized spacial score (nSPS) is 16.2. The highest BCUT2D eigenvalue weighted by Gasteiger charge is 2.29. The lowest BCUT2D eigenvalue weighted by Crippen LogP contribution is -2.46. The van der Waals surface area contributed by atoms with Crippen molar-refractivity contribution in [3.8, 4) is 0 Å². The number of amides is 2.